The SMILES string of the molecule is Cc1ccc2c(c1)[C@@](C)(NC(=O)OCc1ccccc1)CC2. The topological polar surface area (TPSA) is 38.3 Å². The van der Waals surface area contributed by atoms with Gasteiger partial charge in [-0.15, -0.1) is 0 Å². The van der Waals surface area contributed by atoms with Gasteiger partial charge in [0, 0.05) is 0 Å². The molecule has 22 heavy (non-hydrogen) atoms. The zero-order chi connectivity index (χ0) is 15.6. The van der Waals surface area contributed by atoms with Crippen LogP contribution in [0.25, 0.3) is 0 Å². The van der Waals surface area contributed by atoms with E-state index in [0.29, 0.717) is 6.61 Å². The molecule has 1 aliphatic carbocycles. The van der Waals surface area contributed by atoms with Crippen molar-refractivity contribution in [1.29, 1.82) is 0 Å². The summed E-state index contributed by atoms with van der Waals surface area (Å²) in [5, 5.41) is 3.05. The number of rotatable bonds is 3. The van der Waals surface area contributed by atoms with E-state index in [1.165, 1.54) is 16.7 Å². The molecule has 0 fully saturated rings. The van der Waals surface area contributed by atoms with Crippen LogP contribution in [0.5, 0.6) is 0 Å². The van der Waals surface area contributed by atoms with Gasteiger partial charge in [0.2, 0.25) is 0 Å². The van der Waals surface area contributed by atoms with Crippen LogP contribution < -0.4 is 5.32 Å². The predicted molar refractivity (Wildman–Crippen MR) is 86.6 cm³/mol. The van der Waals surface area contributed by atoms with Crippen molar-refractivity contribution >= 4 is 6.09 Å². The van der Waals surface area contributed by atoms with Crippen LogP contribution in [0, 0.1) is 6.92 Å². The number of benzene rings is 2. The molecule has 114 valence electrons. The van der Waals surface area contributed by atoms with Crippen LogP contribution in [-0.4, -0.2) is 6.09 Å². The normalized spacial score (nSPS) is 19.5. The number of aryl methyl sites for hydroxylation is 2. The van der Waals surface area contributed by atoms with Crippen molar-refractivity contribution in [3.63, 3.8) is 0 Å². The summed E-state index contributed by atoms with van der Waals surface area (Å²) in [6, 6.07) is 16.2. The zero-order valence-corrected chi connectivity index (χ0v) is 13.1. The van der Waals surface area contributed by atoms with Crippen LogP contribution in [-0.2, 0) is 23.3 Å². The summed E-state index contributed by atoms with van der Waals surface area (Å²) < 4.78 is 5.35. The molecule has 1 aliphatic rings. The van der Waals surface area contributed by atoms with E-state index in [9.17, 15) is 4.79 Å². The quantitative estimate of drug-likeness (QED) is 0.926. The smallest absolute Gasteiger partial charge is 0.408 e. The van der Waals surface area contributed by atoms with E-state index < -0.39 is 0 Å². The molecule has 2 aromatic carbocycles. The lowest BCUT2D eigenvalue weighted by Crippen LogP contribution is -2.42. The number of fused-ring (bicyclic) bond motifs is 1. The number of amides is 1. The minimum absolute atomic E-state index is 0.295. The third-order valence-corrected chi connectivity index (χ3v) is 4.34. The fourth-order valence-electron chi connectivity index (χ4n) is 3.06. The van der Waals surface area contributed by atoms with Crippen LogP contribution in [0.1, 0.15) is 35.6 Å². The Morgan fingerprint density at radius 3 is 2.77 bits per heavy atom. The first-order valence-electron chi connectivity index (χ1n) is 7.66. The Labute approximate surface area is 131 Å². The number of alkyl carbamates (subject to hydrolysis) is 1. The van der Waals surface area contributed by atoms with Gasteiger partial charge < -0.3 is 10.1 Å². The summed E-state index contributed by atoms with van der Waals surface area (Å²) in [6.07, 6.45) is 1.54. The van der Waals surface area contributed by atoms with Gasteiger partial charge >= 0.3 is 6.09 Å². The average Bonchev–Trinajstić information content (AvgIpc) is 2.83. The van der Waals surface area contributed by atoms with Crippen molar-refractivity contribution in [3.05, 3.63) is 70.8 Å². The minimum atomic E-state index is -0.360. The summed E-state index contributed by atoms with van der Waals surface area (Å²) in [4.78, 5) is 12.1. The second-order valence-electron chi connectivity index (χ2n) is 6.18. The molecule has 0 spiro atoms. The molecule has 1 atom stereocenters. The molecule has 3 rings (SSSR count). The fraction of sp³-hybridized carbons (Fsp3) is 0.316. The van der Waals surface area contributed by atoms with E-state index in [1.807, 2.05) is 30.3 Å². The Morgan fingerprint density at radius 1 is 1.23 bits per heavy atom. The van der Waals surface area contributed by atoms with Crippen molar-refractivity contribution < 1.29 is 9.53 Å². The monoisotopic (exact) mass is 295 g/mol. The van der Waals surface area contributed by atoms with Gasteiger partial charge in [0.15, 0.2) is 0 Å². The van der Waals surface area contributed by atoms with E-state index in [-0.39, 0.29) is 11.6 Å². The van der Waals surface area contributed by atoms with E-state index >= 15 is 0 Å². The summed E-state index contributed by atoms with van der Waals surface area (Å²) in [5.41, 5.74) is 4.40. The molecular weight excluding hydrogens is 274 g/mol. The molecule has 0 saturated heterocycles. The Balaban J connectivity index is 1.66. The molecule has 0 aromatic heterocycles. The molecule has 1 amide bonds. The fourth-order valence-corrected chi connectivity index (χ4v) is 3.06. The third kappa shape index (κ3) is 2.98. The van der Waals surface area contributed by atoms with Gasteiger partial charge in [-0.3, -0.25) is 0 Å². The maximum atomic E-state index is 12.1. The summed E-state index contributed by atoms with van der Waals surface area (Å²) in [6.45, 7) is 4.44. The lowest BCUT2D eigenvalue weighted by molar-refractivity contribution is 0.127. The predicted octanol–water partition coefficient (Wildman–Crippen LogP) is 4.08. The summed E-state index contributed by atoms with van der Waals surface area (Å²) in [7, 11) is 0. The molecule has 3 heteroatoms. The van der Waals surface area contributed by atoms with Crippen LogP contribution in [0.15, 0.2) is 48.5 Å². The Hall–Kier alpha value is -2.29. The molecule has 1 N–H and O–H groups in total. The van der Waals surface area contributed by atoms with Gasteiger partial charge in [-0.05, 0) is 43.4 Å². The molecule has 0 radical (unpaired) electrons. The average molecular weight is 295 g/mol. The third-order valence-electron chi connectivity index (χ3n) is 4.34. The lowest BCUT2D eigenvalue weighted by Gasteiger charge is -2.27. The highest BCUT2D eigenvalue weighted by Gasteiger charge is 2.36. The minimum Gasteiger partial charge on any atom is -0.445 e. The van der Waals surface area contributed by atoms with Crippen LogP contribution in [0.4, 0.5) is 4.79 Å². The number of nitrogens with one attached hydrogen (secondary N) is 1. The van der Waals surface area contributed by atoms with Gasteiger partial charge in [0.1, 0.15) is 6.61 Å². The highest BCUT2D eigenvalue weighted by atomic mass is 16.5. The second kappa shape index (κ2) is 5.84. The number of hydrogen-bond acceptors (Lipinski definition) is 2. The Bertz CT molecular complexity index is 681. The zero-order valence-electron chi connectivity index (χ0n) is 13.1. The van der Waals surface area contributed by atoms with Crippen LogP contribution >= 0.6 is 0 Å². The van der Waals surface area contributed by atoms with E-state index in [0.717, 1.165) is 18.4 Å². The highest BCUT2D eigenvalue weighted by Crippen LogP contribution is 2.37. The van der Waals surface area contributed by atoms with Gasteiger partial charge in [-0.25, -0.2) is 4.79 Å². The number of carbonyl (C=O) groups excluding carboxylic acids is 1. The molecule has 0 bridgehead atoms. The van der Waals surface area contributed by atoms with E-state index in [2.05, 4.69) is 37.4 Å². The van der Waals surface area contributed by atoms with Crippen LogP contribution in [0.3, 0.4) is 0 Å². The standard InChI is InChI=1S/C19H21NO2/c1-14-8-9-16-10-11-19(2,17(16)12-14)20-18(21)22-13-15-6-4-3-5-7-15/h3-9,12H,10-11,13H2,1-2H3,(H,20,21)/t19-/m0/s1. The van der Waals surface area contributed by atoms with Crippen molar-refractivity contribution in [2.45, 2.75) is 38.8 Å². The Kier molecular flexibility index (Phi) is 3.88. The first-order chi connectivity index (χ1) is 10.6. The summed E-state index contributed by atoms with van der Waals surface area (Å²) in [5.74, 6) is 0. The van der Waals surface area contributed by atoms with Gasteiger partial charge in [-0.1, -0.05) is 54.1 Å². The van der Waals surface area contributed by atoms with E-state index in [4.69, 9.17) is 4.74 Å². The maximum absolute atomic E-state index is 12.1. The van der Waals surface area contributed by atoms with Gasteiger partial charge in [0.05, 0.1) is 5.54 Å². The first-order valence-corrected chi connectivity index (χ1v) is 7.66. The second-order valence-corrected chi connectivity index (χ2v) is 6.18. The Morgan fingerprint density at radius 2 is 2.00 bits per heavy atom. The van der Waals surface area contributed by atoms with Crippen molar-refractivity contribution in [3.8, 4) is 0 Å². The molecular formula is C19H21NO2. The van der Waals surface area contributed by atoms with Crippen molar-refractivity contribution in [1.82, 2.24) is 5.32 Å². The van der Waals surface area contributed by atoms with Crippen molar-refractivity contribution in [2.75, 3.05) is 0 Å². The van der Waals surface area contributed by atoms with E-state index in [1.54, 1.807) is 0 Å². The number of ether oxygens (including phenoxy) is 1. The largest absolute Gasteiger partial charge is 0.445 e. The first kappa shape index (κ1) is 14.6. The van der Waals surface area contributed by atoms with Gasteiger partial charge in [0.25, 0.3) is 0 Å². The molecule has 0 aliphatic heterocycles. The molecule has 2 aromatic rings. The molecule has 0 heterocycles. The van der Waals surface area contributed by atoms with Crippen LogP contribution in [0.2, 0.25) is 0 Å². The highest BCUT2D eigenvalue weighted by molar-refractivity contribution is 5.69. The number of carbonyl (C=O) groups is 1. The molecule has 0 saturated carbocycles. The maximum Gasteiger partial charge on any atom is 0.408 e. The number of hydrogen-bond donors (Lipinski definition) is 1. The molecule has 0 unspecified atom stereocenters. The van der Waals surface area contributed by atoms with Gasteiger partial charge in [-0.2, -0.15) is 0 Å². The lowest BCUT2D eigenvalue weighted by atomic mass is 9.93. The van der Waals surface area contributed by atoms with Crippen molar-refractivity contribution in [2.24, 2.45) is 0 Å². The summed E-state index contributed by atoms with van der Waals surface area (Å²) >= 11 is 0. The molecule has 3 nitrogen and oxygen atoms in total.